The maximum atomic E-state index is 14.5. The Morgan fingerprint density at radius 3 is 2.41 bits per heavy atom. The predicted molar refractivity (Wildman–Crippen MR) is 95.8 cm³/mol. The van der Waals surface area contributed by atoms with E-state index in [1.165, 1.54) is 25.1 Å². The van der Waals surface area contributed by atoms with E-state index in [4.69, 9.17) is 28.3 Å². The van der Waals surface area contributed by atoms with Crippen molar-refractivity contribution in [2.45, 2.75) is 13.3 Å². The standard InChI is InChI=1S/C18H11Cl2F2NO4/c1-7-9(5-14(24)25)15-13(6-12(21)17(26)16(15)22)23(7)18(27)8-2-3-10(19)11(20)4-8/h2-4,6,26H,5H2,1H3,(H,24,25). The monoisotopic (exact) mass is 413 g/mol. The number of fused-ring (bicyclic) bond motifs is 1. The molecule has 0 saturated carbocycles. The number of phenolic OH excluding ortho intramolecular Hbond substituents is 1. The topological polar surface area (TPSA) is 79.5 Å². The summed E-state index contributed by atoms with van der Waals surface area (Å²) in [5, 5.41) is 18.7. The zero-order chi connectivity index (χ0) is 20.0. The Morgan fingerprint density at radius 2 is 1.81 bits per heavy atom. The Balaban J connectivity index is 2.35. The van der Waals surface area contributed by atoms with Crippen molar-refractivity contribution < 1.29 is 28.6 Å². The van der Waals surface area contributed by atoms with Gasteiger partial charge in [-0.1, -0.05) is 23.2 Å². The van der Waals surface area contributed by atoms with Crippen LogP contribution in [0.1, 0.15) is 21.6 Å². The van der Waals surface area contributed by atoms with E-state index in [9.17, 15) is 23.5 Å². The second-order valence-corrected chi connectivity index (χ2v) is 6.63. The summed E-state index contributed by atoms with van der Waals surface area (Å²) in [6, 6.07) is 4.85. The molecule has 0 amide bonds. The first-order valence-electron chi connectivity index (χ1n) is 7.55. The normalized spacial score (nSPS) is 11.1. The number of hydrogen-bond acceptors (Lipinski definition) is 3. The van der Waals surface area contributed by atoms with Crippen LogP contribution < -0.4 is 0 Å². The molecule has 0 unspecified atom stereocenters. The molecule has 5 nitrogen and oxygen atoms in total. The quantitative estimate of drug-likeness (QED) is 0.659. The van der Waals surface area contributed by atoms with Crippen molar-refractivity contribution in [1.29, 1.82) is 0 Å². The van der Waals surface area contributed by atoms with Gasteiger partial charge in [-0.05, 0) is 30.7 Å². The van der Waals surface area contributed by atoms with Gasteiger partial charge in [0, 0.05) is 22.7 Å². The Bertz CT molecular complexity index is 1120. The fraction of sp³-hybridized carbons (Fsp3) is 0.111. The maximum absolute atomic E-state index is 14.5. The third-order valence-electron chi connectivity index (χ3n) is 4.19. The van der Waals surface area contributed by atoms with Gasteiger partial charge in [0.15, 0.2) is 17.4 Å². The van der Waals surface area contributed by atoms with Crippen LogP contribution in [0.5, 0.6) is 5.75 Å². The number of aromatic hydroxyl groups is 1. The van der Waals surface area contributed by atoms with Crippen LogP contribution in [0.2, 0.25) is 10.0 Å². The second kappa shape index (κ2) is 6.83. The number of halogens is 4. The molecule has 0 aliphatic heterocycles. The van der Waals surface area contributed by atoms with Gasteiger partial charge in [0.1, 0.15) is 0 Å². The molecule has 3 rings (SSSR count). The molecule has 0 saturated heterocycles. The van der Waals surface area contributed by atoms with Gasteiger partial charge in [0.05, 0.1) is 22.0 Å². The summed E-state index contributed by atoms with van der Waals surface area (Å²) in [6.45, 7) is 1.40. The van der Waals surface area contributed by atoms with Crippen LogP contribution in [0.4, 0.5) is 8.78 Å². The van der Waals surface area contributed by atoms with Crippen molar-refractivity contribution in [3.05, 3.63) is 62.8 Å². The number of rotatable bonds is 3. The molecule has 0 aliphatic rings. The van der Waals surface area contributed by atoms with Gasteiger partial charge in [-0.2, -0.15) is 0 Å². The molecule has 1 heterocycles. The van der Waals surface area contributed by atoms with Crippen molar-refractivity contribution in [3.63, 3.8) is 0 Å². The van der Waals surface area contributed by atoms with E-state index >= 15 is 0 Å². The predicted octanol–water partition coefficient (Wildman–Crippen LogP) is 4.56. The maximum Gasteiger partial charge on any atom is 0.307 e. The van der Waals surface area contributed by atoms with E-state index in [1.807, 2.05) is 0 Å². The largest absolute Gasteiger partial charge is 0.503 e. The van der Waals surface area contributed by atoms with Gasteiger partial charge >= 0.3 is 5.97 Å². The van der Waals surface area contributed by atoms with E-state index in [-0.39, 0.29) is 37.8 Å². The number of carboxylic acid groups (broad SMARTS) is 1. The number of carbonyl (C=O) groups is 2. The molecular formula is C18H11Cl2F2NO4. The molecule has 2 N–H and O–H groups in total. The van der Waals surface area contributed by atoms with E-state index in [1.54, 1.807) is 0 Å². The number of aromatic nitrogens is 1. The SMILES string of the molecule is Cc1c(CC(=O)O)c2c(F)c(O)c(F)cc2n1C(=O)c1ccc(Cl)c(Cl)c1. The van der Waals surface area contributed by atoms with Crippen molar-refractivity contribution in [3.8, 4) is 5.75 Å². The third-order valence-corrected chi connectivity index (χ3v) is 4.92. The molecular weight excluding hydrogens is 403 g/mol. The van der Waals surface area contributed by atoms with Crippen LogP contribution >= 0.6 is 23.2 Å². The van der Waals surface area contributed by atoms with Crippen LogP contribution in [0.15, 0.2) is 24.3 Å². The number of aliphatic carboxylic acids is 1. The second-order valence-electron chi connectivity index (χ2n) is 5.82. The lowest BCUT2D eigenvalue weighted by Crippen LogP contribution is -2.14. The summed E-state index contributed by atoms with van der Waals surface area (Å²) >= 11 is 11.8. The van der Waals surface area contributed by atoms with Gasteiger partial charge < -0.3 is 10.2 Å². The van der Waals surface area contributed by atoms with Gasteiger partial charge in [-0.15, -0.1) is 0 Å². The van der Waals surface area contributed by atoms with Crippen LogP contribution in [-0.4, -0.2) is 26.7 Å². The minimum Gasteiger partial charge on any atom is -0.503 e. The Hall–Kier alpha value is -2.64. The Kier molecular flexibility index (Phi) is 4.84. The zero-order valence-corrected chi connectivity index (χ0v) is 15.2. The highest BCUT2D eigenvalue weighted by atomic mass is 35.5. The summed E-state index contributed by atoms with van der Waals surface area (Å²) < 4.78 is 29.4. The van der Waals surface area contributed by atoms with Crippen molar-refractivity contribution in [2.24, 2.45) is 0 Å². The molecule has 27 heavy (non-hydrogen) atoms. The van der Waals surface area contributed by atoms with Crippen LogP contribution in [-0.2, 0) is 11.2 Å². The van der Waals surface area contributed by atoms with Gasteiger partial charge in [-0.3, -0.25) is 14.2 Å². The average Bonchev–Trinajstić information content (AvgIpc) is 2.86. The molecule has 1 aromatic heterocycles. The molecule has 0 radical (unpaired) electrons. The molecule has 3 aromatic rings. The first-order valence-corrected chi connectivity index (χ1v) is 8.31. The lowest BCUT2D eigenvalue weighted by molar-refractivity contribution is -0.136. The van der Waals surface area contributed by atoms with Crippen molar-refractivity contribution >= 4 is 46.0 Å². The van der Waals surface area contributed by atoms with Gasteiger partial charge in [-0.25, -0.2) is 8.78 Å². The van der Waals surface area contributed by atoms with Crippen molar-refractivity contribution in [1.82, 2.24) is 4.57 Å². The number of nitrogens with zero attached hydrogens (tertiary/aromatic N) is 1. The molecule has 9 heteroatoms. The lowest BCUT2D eigenvalue weighted by atomic mass is 10.1. The molecule has 0 fully saturated rings. The molecule has 0 spiro atoms. The molecule has 0 atom stereocenters. The minimum atomic E-state index is -1.33. The lowest BCUT2D eigenvalue weighted by Gasteiger charge is -2.09. The van der Waals surface area contributed by atoms with E-state index in [2.05, 4.69) is 0 Å². The summed E-state index contributed by atoms with van der Waals surface area (Å²) in [6.07, 6.45) is -0.619. The van der Waals surface area contributed by atoms with E-state index in [0.717, 1.165) is 10.6 Å². The van der Waals surface area contributed by atoms with Crippen molar-refractivity contribution in [2.75, 3.05) is 0 Å². The number of carbonyl (C=O) groups excluding carboxylic acids is 1. The van der Waals surface area contributed by atoms with Crippen LogP contribution in [0, 0.1) is 18.6 Å². The molecule has 2 aromatic carbocycles. The highest BCUT2D eigenvalue weighted by molar-refractivity contribution is 6.42. The van der Waals surface area contributed by atoms with Crippen LogP contribution in [0.25, 0.3) is 10.9 Å². The fourth-order valence-corrected chi connectivity index (χ4v) is 3.24. The number of phenols is 1. The zero-order valence-electron chi connectivity index (χ0n) is 13.7. The third kappa shape index (κ3) is 3.13. The van der Waals surface area contributed by atoms with Gasteiger partial charge in [0.2, 0.25) is 0 Å². The number of hydrogen-bond donors (Lipinski definition) is 2. The summed E-state index contributed by atoms with van der Waals surface area (Å²) in [7, 11) is 0. The number of benzene rings is 2. The smallest absolute Gasteiger partial charge is 0.307 e. The van der Waals surface area contributed by atoms with Crippen LogP contribution in [0.3, 0.4) is 0 Å². The van der Waals surface area contributed by atoms with E-state index in [0.29, 0.717) is 0 Å². The highest BCUT2D eigenvalue weighted by Crippen LogP contribution is 2.35. The Labute approximate surface area is 161 Å². The van der Waals surface area contributed by atoms with Gasteiger partial charge in [0.25, 0.3) is 5.91 Å². The highest BCUT2D eigenvalue weighted by Gasteiger charge is 2.27. The summed E-state index contributed by atoms with van der Waals surface area (Å²) in [5.41, 5.74) is -0.0566. The summed E-state index contributed by atoms with van der Waals surface area (Å²) in [5.74, 6) is -5.81. The molecule has 0 bridgehead atoms. The minimum absolute atomic E-state index is 0.0429. The first-order chi connectivity index (χ1) is 12.6. The first kappa shape index (κ1) is 19.1. The summed E-state index contributed by atoms with van der Waals surface area (Å²) in [4.78, 5) is 24.1. The average molecular weight is 414 g/mol. The Morgan fingerprint density at radius 1 is 1.15 bits per heavy atom. The molecule has 140 valence electrons. The van der Waals surface area contributed by atoms with E-state index < -0.39 is 35.7 Å². The fourth-order valence-electron chi connectivity index (χ4n) is 2.94. The molecule has 0 aliphatic carbocycles. The number of carboxylic acids is 1.